The summed E-state index contributed by atoms with van der Waals surface area (Å²) < 4.78 is 0. The highest BCUT2D eigenvalue weighted by molar-refractivity contribution is 7.98. The predicted molar refractivity (Wildman–Crippen MR) is 74.1 cm³/mol. The SMILES string of the molecule is Cc1cccc(CSc2ncc(N)cc2C)c1. The third kappa shape index (κ3) is 3.24. The number of aromatic nitrogens is 1. The summed E-state index contributed by atoms with van der Waals surface area (Å²) in [5.41, 5.74) is 10.2. The van der Waals surface area contributed by atoms with Crippen LogP contribution in [0.1, 0.15) is 16.7 Å². The molecule has 0 atom stereocenters. The van der Waals surface area contributed by atoms with E-state index in [0.29, 0.717) is 0 Å². The molecule has 0 saturated carbocycles. The van der Waals surface area contributed by atoms with E-state index in [4.69, 9.17) is 5.73 Å². The Labute approximate surface area is 106 Å². The average Bonchev–Trinajstić information content (AvgIpc) is 2.28. The number of pyridine rings is 1. The van der Waals surface area contributed by atoms with Gasteiger partial charge in [0.2, 0.25) is 0 Å². The molecular weight excluding hydrogens is 228 g/mol. The zero-order valence-corrected chi connectivity index (χ0v) is 10.9. The number of hydrogen-bond acceptors (Lipinski definition) is 3. The smallest absolute Gasteiger partial charge is 0.0993 e. The van der Waals surface area contributed by atoms with Gasteiger partial charge in [0.25, 0.3) is 0 Å². The Morgan fingerprint density at radius 3 is 2.76 bits per heavy atom. The van der Waals surface area contributed by atoms with Crippen molar-refractivity contribution in [1.29, 1.82) is 0 Å². The quantitative estimate of drug-likeness (QED) is 0.839. The molecule has 0 spiro atoms. The number of nitrogen functional groups attached to an aromatic ring is 1. The fourth-order valence-corrected chi connectivity index (χ4v) is 2.59. The van der Waals surface area contributed by atoms with E-state index in [0.717, 1.165) is 22.0 Å². The lowest BCUT2D eigenvalue weighted by Crippen LogP contribution is -1.91. The van der Waals surface area contributed by atoms with Gasteiger partial charge in [-0.3, -0.25) is 0 Å². The molecule has 0 amide bonds. The molecule has 2 rings (SSSR count). The van der Waals surface area contributed by atoms with Crippen LogP contribution >= 0.6 is 11.8 Å². The average molecular weight is 244 g/mol. The fraction of sp³-hybridized carbons (Fsp3) is 0.214. The van der Waals surface area contributed by atoms with Gasteiger partial charge >= 0.3 is 0 Å². The number of nitrogens with two attached hydrogens (primary N) is 1. The molecule has 1 aromatic carbocycles. The van der Waals surface area contributed by atoms with Crippen molar-refractivity contribution >= 4 is 17.4 Å². The van der Waals surface area contributed by atoms with Crippen molar-refractivity contribution in [3.8, 4) is 0 Å². The van der Waals surface area contributed by atoms with E-state index in [1.165, 1.54) is 11.1 Å². The van der Waals surface area contributed by atoms with Crippen molar-refractivity contribution in [2.45, 2.75) is 24.6 Å². The zero-order chi connectivity index (χ0) is 12.3. The van der Waals surface area contributed by atoms with Gasteiger partial charge in [-0.25, -0.2) is 4.98 Å². The number of nitrogens with zero attached hydrogens (tertiary/aromatic N) is 1. The molecule has 0 aliphatic carbocycles. The lowest BCUT2D eigenvalue weighted by Gasteiger charge is -2.06. The number of thioether (sulfide) groups is 1. The summed E-state index contributed by atoms with van der Waals surface area (Å²) in [6.07, 6.45) is 1.71. The Kier molecular flexibility index (Phi) is 3.69. The van der Waals surface area contributed by atoms with Crippen LogP contribution in [-0.2, 0) is 5.75 Å². The van der Waals surface area contributed by atoms with Crippen molar-refractivity contribution in [2.75, 3.05) is 5.73 Å². The second-order valence-corrected chi connectivity index (χ2v) is 5.13. The van der Waals surface area contributed by atoms with Crippen LogP contribution in [0, 0.1) is 13.8 Å². The summed E-state index contributed by atoms with van der Waals surface area (Å²) >= 11 is 1.75. The van der Waals surface area contributed by atoms with Crippen molar-refractivity contribution in [3.63, 3.8) is 0 Å². The highest BCUT2D eigenvalue weighted by atomic mass is 32.2. The molecular formula is C14H16N2S. The topological polar surface area (TPSA) is 38.9 Å². The lowest BCUT2D eigenvalue weighted by atomic mass is 10.2. The van der Waals surface area contributed by atoms with Gasteiger partial charge in [-0.05, 0) is 31.0 Å². The minimum Gasteiger partial charge on any atom is -0.397 e. The Morgan fingerprint density at radius 2 is 2.06 bits per heavy atom. The van der Waals surface area contributed by atoms with Gasteiger partial charge in [-0.1, -0.05) is 29.8 Å². The first-order valence-corrected chi connectivity index (χ1v) is 6.54. The molecule has 0 radical (unpaired) electrons. The van der Waals surface area contributed by atoms with Crippen LogP contribution in [-0.4, -0.2) is 4.98 Å². The summed E-state index contributed by atoms with van der Waals surface area (Å²) in [4.78, 5) is 4.35. The maximum atomic E-state index is 5.68. The van der Waals surface area contributed by atoms with E-state index < -0.39 is 0 Å². The molecule has 2 nitrogen and oxygen atoms in total. The van der Waals surface area contributed by atoms with Crippen LogP contribution in [0.4, 0.5) is 5.69 Å². The van der Waals surface area contributed by atoms with Crippen LogP contribution < -0.4 is 5.73 Å². The third-order valence-corrected chi connectivity index (χ3v) is 3.69. The van der Waals surface area contributed by atoms with Crippen LogP contribution in [0.2, 0.25) is 0 Å². The molecule has 17 heavy (non-hydrogen) atoms. The van der Waals surface area contributed by atoms with E-state index in [1.807, 2.05) is 13.0 Å². The Morgan fingerprint density at radius 1 is 1.24 bits per heavy atom. The highest BCUT2D eigenvalue weighted by Crippen LogP contribution is 2.25. The van der Waals surface area contributed by atoms with Gasteiger partial charge < -0.3 is 5.73 Å². The molecule has 0 bridgehead atoms. The molecule has 0 fully saturated rings. The Hall–Kier alpha value is -1.48. The summed E-state index contributed by atoms with van der Waals surface area (Å²) in [6, 6.07) is 10.5. The molecule has 0 saturated heterocycles. The number of anilines is 1. The van der Waals surface area contributed by atoms with Crippen molar-refractivity contribution in [2.24, 2.45) is 0 Å². The fourth-order valence-electron chi connectivity index (χ4n) is 1.69. The molecule has 1 heterocycles. The predicted octanol–water partition coefficient (Wildman–Crippen LogP) is 3.57. The summed E-state index contributed by atoms with van der Waals surface area (Å²) in [6.45, 7) is 4.16. The number of hydrogen-bond donors (Lipinski definition) is 1. The number of rotatable bonds is 3. The van der Waals surface area contributed by atoms with Gasteiger partial charge in [0, 0.05) is 5.75 Å². The zero-order valence-electron chi connectivity index (χ0n) is 10.1. The van der Waals surface area contributed by atoms with E-state index in [1.54, 1.807) is 18.0 Å². The van der Waals surface area contributed by atoms with Gasteiger partial charge in [0.05, 0.1) is 16.9 Å². The van der Waals surface area contributed by atoms with Gasteiger partial charge in [0.15, 0.2) is 0 Å². The second kappa shape index (κ2) is 5.23. The molecule has 1 aromatic heterocycles. The third-order valence-electron chi connectivity index (χ3n) is 2.51. The minimum absolute atomic E-state index is 0.724. The molecule has 0 aliphatic rings. The first-order valence-electron chi connectivity index (χ1n) is 5.55. The van der Waals surface area contributed by atoms with E-state index >= 15 is 0 Å². The first-order chi connectivity index (χ1) is 8.15. The summed E-state index contributed by atoms with van der Waals surface area (Å²) in [5, 5.41) is 1.06. The van der Waals surface area contributed by atoms with Gasteiger partial charge in [-0.2, -0.15) is 0 Å². The molecule has 2 aromatic rings. The van der Waals surface area contributed by atoms with Crippen LogP contribution in [0.15, 0.2) is 41.6 Å². The lowest BCUT2D eigenvalue weighted by molar-refractivity contribution is 1.08. The number of aryl methyl sites for hydroxylation is 2. The van der Waals surface area contributed by atoms with Crippen LogP contribution in [0.3, 0.4) is 0 Å². The first kappa shape index (κ1) is 12.0. The molecule has 2 N–H and O–H groups in total. The van der Waals surface area contributed by atoms with E-state index in [-0.39, 0.29) is 0 Å². The Bertz CT molecular complexity index is 523. The molecule has 3 heteroatoms. The standard InChI is InChI=1S/C14H16N2S/c1-10-4-3-5-12(6-10)9-17-14-11(2)7-13(15)8-16-14/h3-8H,9,15H2,1-2H3. The second-order valence-electron chi connectivity index (χ2n) is 4.17. The largest absolute Gasteiger partial charge is 0.397 e. The van der Waals surface area contributed by atoms with Crippen molar-refractivity contribution in [1.82, 2.24) is 4.98 Å². The van der Waals surface area contributed by atoms with E-state index in [2.05, 4.69) is 36.2 Å². The molecule has 0 unspecified atom stereocenters. The maximum Gasteiger partial charge on any atom is 0.0993 e. The monoisotopic (exact) mass is 244 g/mol. The Balaban J connectivity index is 2.07. The summed E-state index contributed by atoms with van der Waals surface area (Å²) in [5.74, 6) is 0.944. The van der Waals surface area contributed by atoms with Crippen molar-refractivity contribution in [3.05, 3.63) is 53.2 Å². The minimum atomic E-state index is 0.724. The molecule has 88 valence electrons. The van der Waals surface area contributed by atoms with Crippen molar-refractivity contribution < 1.29 is 0 Å². The highest BCUT2D eigenvalue weighted by Gasteiger charge is 2.02. The van der Waals surface area contributed by atoms with Gasteiger partial charge in [-0.15, -0.1) is 11.8 Å². The van der Waals surface area contributed by atoms with Crippen LogP contribution in [0.5, 0.6) is 0 Å². The van der Waals surface area contributed by atoms with Crippen LogP contribution in [0.25, 0.3) is 0 Å². The maximum absolute atomic E-state index is 5.68. The van der Waals surface area contributed by atoms with Gasteiger partial charge in [0.1, 0.15) is 0 Å². The normalized spacial score (nSPS) is 10.5. The van der Waals surface area contributed by atoms with E-state index in [9.17, 15) is 0 Å². The number of benzene rings is 1. The molecule has 0 aliphatic heterocycles. The summed E-state index contributed by atoms with van der Waals surface area (Å²) in [7, 11) is 0.